The number of rotatable bonds is 2. The Hall–Kier alpha value is -1.09. The van der Waals surface area contributed by atoms with E-state index in [9.17, 15) is 0 Å². The molecule has 1 aliphatic heterocycles. The van der Waals surface area contributed by atoms with E-state index in [4.69, 9.17) is 4.74 Å². The van der Waals surface area contributed by atoms with Crippen molar-refractivity contribution in [1.29, 1.82) is 0 Å². The highest BCUT2D eigenvalue weighted by atomic mass is 16.5. The molecule has 0 aliphatic carbocycles. The summed E-state index contributed by atoms with van der Waals surface area (Å²) >= 11 is 0. The van der Waals surface area contributed by atoms with Gasteiger partial charge in [-0.2, -0.15) is 0 Å². The highest BCUT2D eigenvalue weighted by molar-refractivity contribution is 5.17. The second-order valence-electron chi connectivity index (χ2n) is 3.83. The quantitative estimate of drug-likeness (QED) is 0.711. The van der Waals surface area contributed by atoms with Crippen LogP contribution in [0.15, 0.2) is 24.5 Å². The molecule has 3 nitrogen and oxygen atoms in total. The fourth-order valence-corrected chi connectivity index (χ4v) is 1.82. The van der Waals surface area contributed by atoms with Gasteiger partial charge in [0.05, 0.1) is 0 Å². The first-order valence-electron chi connectivity index (χ1n) is 5.10. The SMILES string of the molecule is CN1CCCC(Oc2ccncc2)C1. The van der Waals surface area contributed by atoms with Gasteiger partial charge in [-0.3, -0.25) is 4.98 Å². The number of ether oxygens (including phenoxy) is 1. The first-order valence-corrected chi connectivity index (χ1v) is 5.10. The van der Waals surface area contributed by atoms with E-state index in [2.05, 4.69) is 16.9 Å². The van der Waals surface area contributed by atoms with Crippen molar-refractivity contribution in [2.24, 2.45) is 0 Å². The van der Waals surface area contributed by atoms with Gasteiger partial charge in [-0.15, -0.1) is 0 Å². The second kappa shape index (κ2) is 4.42. The molecule has 2 heterocycles. The highest BCUT2D eigenvalue weighted by Gasteiger charge is 2.18. The van der Waals surface area contributed by atoms with E-state index in [1.807, 2.05) is 12.1 Å². The Morgan fingerprint density at radius 3 is 2.93 bits per heavy atom. The van der Waals surface area contributed by atoms with Gasteiger partial charge in [0.25, 0.3) is 0 Å². The predicted molar refractivity (Wildman–Crippen MR) is 55.4 cm³/mol. The number of piperidine rings is 1. The average molecular weight is 192 g/mol. The molecule has 0 spiro atoms. The van der Waals surface area contributed by atoms with Crippen LogP contribution in [0, 0.1) is 0 Å². The van der Waals surface area contributed by atoms with E-state index in [1.54, 1.807) is 12.4 Å². The van der Waals surface area contributed by atoms with Crippen LogP contribution in [-0.2, 0) is 0 Å². The molecule has 0 bridgehead atoms. The summed E-state index contributed by atoms with van der Waals surface area (Å²) in [7, 11) is 2.14. The highest BCUT2D eigenvalue weighted by Crippen LogP contribution is 2.16. The molecule has 0 amide bonds. The van der Waals surface area contributed by atoms with Crippen molar-refractivity contribution in [3.63, 3.8) is 0 Å². The van der Waals surface area contributed by atoms with Crippen molar-refractivity contribution < 1.29 is 4.74 Å². The normalized spacial score (nSPS) is 23.4. The summed E-state index contributed by atoms with van der Waals surface area (Å²) in [5, 5.41) is 0. The maximum atomic E-state index is 5.84. The fourth-order valence-electron chi connectivity index (χ4n) is 1.82. The van der Waals surface area contributed by atoms with Crippen LogP contribution in [0.25, 0.3) is 0 Å². The van der Waals surface area contributed by atoms with E-state index in [-0.39, 0.29) is 0 Å². The van der Waals surface area contributed by atoms with Crippen molar-refractivity contribution in [3.8, 4) is 5.75 Å². The van der Waals surface area contributed by atoms with Gasteiger partial charge >= 0.3 is 0 Å². The lowest BCUT2D eigenvalue weighted by Gasteiger charge is -2.29. The van der Waals surface area contributed by atoms with E-state index in [1.165, 1.54) is 13.0 Å². The summed E-state index contributed by atoms with van der Waals surface area (Å²) in [6.45, 7) is 2.22. The van der Waals surface area contributed by atoms with E-state index >= 15 is 0 Å². The zero-order valence-corrected chi connectivity index (χ0v) is 8.52. The smallest absolute Gasteiger partial charge is 0.122 e. The van der Waals surface area contributed by atoms with E-state index in [0.717, 1.165) is 18.7 Å². The standard InChI is InChI=1S/C11H16N2O/c1-13-8-2-3-11(9-13)14-10-4-6-12-7-5-10/h4-7,11H,2-3,8-9H2,1H3. The molecular weight excluding hydrogens is 176 g/mol. The minimum atomic E-state index is 0.344. The number of hydrogen-bond donors (Lipinski definition) is 0. The summed E-state index contributed by atoms with van der Waals surface area (Å²) < 4.78 is 5.84. The van der Waals surface area contributed by atoms with Crippen LogP contribution >= 0.6 is 0 Å². The molecular formula is C11H16N2O. The third-order valence-electron chi connectivity index (χ3n) is 2.53. The molecule has 1 atom stereocenters. The minimum Gasteiger partial charge on any atom is -0.489 e. The largest absolute Gasteiger partial charge is 0.489 e. The number of nitrogens with zero attached hydrogens (tertiary/aromatic N) is 2. The third kappa shape index (κ3) is 2.45. The number of likely N-dealkylation sites (tertiary alicyclic amines) is 1. The van der Waals surface area contributed by atoms with Gasteiger partial charge < -0.3 is 9.64 Å². The summed E-state index contributed by atoms with van der Waals surface area (Å²) in [6, 6.07) is 3.82. The molecule has 3 heteroatoms. The van der Waals surface area contributed by atoms with Crippen molar-refractivity contribution in [2.75, 3.05) is 20.1 Å². The maximum Gasteiger partial charge on any atom is 0.122 e. The summed E-state index contributed by atoms with van der Waals surface area (Å²) in [4.78, 5) is 6.28. The lowest BCUT2D eigenvalue weighted by molar-refractivity contribution is 0.104. The maximum absolute atomic E-state index is 5.84. The van der Waals surface area contributed by atoms with Gasteiger partial charge in [0.15, 0.2) is 0 Å². The topological polar surface area (TPSA) is 25.4 Å². The van der Waals surface area contributed by atoms with Crippen LogP contribution in [0.5, 0.6) is 5.75 Å². The van der Waals surface area contributed by atoms with Crippen LogP contribution in [0.3, 0.4) is 0 Å². The summed E-state index contributed by atoms with van der Waals surface area (Å²) in [5.41, 5.74) is 0. The zero-order chi connectivity index (χ0) is 9.80. The molecule has 1 saturated heterocycles. The number of likely N-dealkylation sites (N-methyl/N-ethyl adjacent to an activating group) is 1. The van der Waals surface area contributed by atoms with Crippen molar-refractivity contribution >= 4 is 0 Å². The fraction of sp³-hybridized carbons (Fsp3) is 0.545. The molecule has 1 unspecified atom stereocenters. The van der Waals surface area contributed by atoms with E-state index < -0.39 is 0 Å². The summed E-state index contributed by atoms with van der Waals surface area (Å²) in [6.07, 6.45) is 6.26. The average Bonchev–Trinajstić information content (AvgIpc) is 2.19. The molecule has 76 valence electrons. The molecule has 1 fully saturated rings. The Morgan fingerprint density at radius 1 is 1.43 bits per heavy atom. The molecule has 14 heavy (non-hydrogen) atoms. The van der Waals surface area contributed by atoms with Gasteiger partial charge in [0, 0.05) is 18.9 Å². The van der Waals surface area contributed by atoms with Crippen LogP contribution in [-0.4, -0.2) is 36.1 Å². The Kier molecular flexibility index (Phi) is 2.99. The lowest BCUT2D eigenvalue weighted by Crippen LogP contribution is -2.38. The molecule has 0 N–H and O–H groups in total. The monoisotopic (exact) mass is 192 g/mol. The van der Waals surface area contributed by atoms with Crippen LogP contribution in [0.4, 0.5) is 0 Å². The Morgan fingerprint density at radius 2 is 2.21 bits per heavy atom. The van der Waals surface area contributed by atoms with Crippen LogP contribution < -0.4 is 4.74 Å². The lowest BCUT2D eigenvalue weighted by atomic mass is 10.1. The van der Waals surface area contributed by atoms with Crippen molar-refractivity contribution in [1.82, 2.24) is 9.88 Å². The van der Waals surface area contributed by atoms with Crippen molar-refractivity contribution in [2.45, 2.75) is 18.9 Å². The van der Waals surface area contributed by atoms with Gasteiger partial charge in [-0.1, -0.05) is 0 Å². The first kappa shape index (κ1) is 9.46. The number of hydrogen-bond acceptors (Lipinski definition) is 3. The third-order valence-corrected chi connectivity index (χ3v) is 2.53. The molecule has 0 radical (unpaired) electrons. The number of pyridine rings is 1. The second-order valence-corrected chi connectivity index (χ2v) is 3.83. The Balaban J connectivity index is 1.91. The van der Waals surface area contributed by atoms with Gasteiger partial charge in [0.2, 0.25) is 0 Å². The molecule has 1 aromatic rings. The Bertz CT molecular complexity index is 276. The molecule has 0 aromatic carbocycles. The zero-order valence-electron chi connectivity index (χ0n) is 8.52. The van der Waals surface area contributed by atoms with Gasteiger partial charge in [0.1, 0.15) is 11.9 Å². The number of aromatic nitrogens is 1. The van der Waals surface area contributed by atoms with Crippen LogP contribution in [0.2, 0.25) is 0 Å². The van der Waals surface area contributed by atoms with Crippen molar-refractivity contribution in [3.05, 3.63) is 24.5 Å². The van der Waals surface area contributed by atoms with Crippen LogP contribution in [0.1, 0.15) is 12.8 Å². The molecule has 0 saturated carbocycles. The molecule has 1 aromatic heterocycles. The van der Waals surface area contributed by atoms with E-state index in [0.29, 0.717) is 6.10 Å². The van der Waals surface area contributed by atoms with Gasteiger partial charge in [-0.25, -0.2) is 0 Å². The minimum absolute atomic E-state index is 0.344. The predicted octanol–water partition coefficient (Wildman–Crippen LogP) is 1.55. The van der Waals surface area contributed by atoms with Gasteiger partial charge in [-0.05, 0) is 38.6 Å². The first-order chi connectivity index (χ1) is 6.84. The molecule has 2 rings (SSSR count). The Labute approximate surface area is 84.7 Å². The summed E-state index contributed by atoms with van der Waals surface area (Å²) in [5.74, 6) is 0.931. The molecule has 1 aliphatic rings.